The summed E-state index contributed by atoms with van der Waals surface area (Å²) in [5.74, 6) is -0.486. The van der Waals surface area contributed by atoms with E-state index in [-0.39, 0.29) is 6.54 Å². The topological polar surface area (TPSA) is 38.3 Å². The number of carbonyl (C=O) groups is 1. The van der Waals surface area contributed by atoms with Gasteiger partial charge in [-0.25, -0.2) is 0 Å². The summed E-state index contributed by atoms with van der Waals surface area (Å²) >= 11 is 0. The number of methoxy groups -OCH3 is 1. The number of esters is 1. The standard InChI is InChI=1S/C10H10F3NO2/c1-16-9(15)6-14-8-4-2-7(3-5-8)10(11,12)13/h2-5,14H,6H2,1H3. The van der Waals surface area contributed by atoms with Gasteiger partial charge in [-0.2, -0.15) is 13.2 Å². The summed E-state index contributed by atoms with van der Waals surface area (Å²) in [6.07, 6.45) is -4.35. The molecule has 1 rings (SSSR count). The van der Waals surface area contributed by atoms with Crippen LogP contribution in [0.15, 0.2) is 24.3 Å². The summed E-state index contributed by atoms with van der Waals surface area (Å²) in [5, 5.41) is 2.63. The Hall–Kier alpha value is -1.72. The van der Waals surface area contributed by atoms with Crippen molar-refractivity contribution in [2.45, 2.75) is 6.18 Å². The highest BCUT2D eigenvalue weighted by atomic mass is 19.4. The second-order valence-corrected chi connectivity index (χ2v) is 3.00. The number of rotatable bonds is 3. The maximum absolute atomic E-state index is 12.2. The van der Waals surface area contributed by atoms with Crippen molar-refractivity contribution in [1.82, 2.24) is 0 Å². The van der Waals surface area contributed by atoms with Crippen LogP contribution in [-0.2, 0) is 15.7 Å². The zero-order valence-corrected chi connectivity index (χ0v) is 8.47. The maximum Gasteiger partial charge on any atom is 0.416 e. The van der Waals surface area contributed by atoms with Crippen LogP contribution >= 0.6 is 0 Å². The maximum atomic E-state index is 12.2. The molecule has 6 heteroatoms. The first-order valence-corrected chi connectivity index (χ1v) is 4.41. The van der Waals surface area contributed by atoms with Gasteiger partial charge in [-0.05, 0) is 24.3 Å². The highest BCUT2D eigenvalue weighted by Crippen LogP contribution is 2.29. The number of alkyl halides is 3. The zero-order valence-electron chi connectivity index (χ0n) is 8.47. The van der Waals surface area contributed by atoms with Crippen molar-refractivity contribution in [2.75, 3.05) is 19.0 Å². The van der Waals surface area contributed by atoms with Gasteiger partial charge >= 0.3 is 12.1 Å². The molecule has 0 heterocycles. The second-order valence-electron chi connectivity index (χ2n) is 3.00. The molecule has 1 N–H and O–H groups in total. The quantitative estimate of drug-likeness (QED) is 0.814. The third-order valence-electron chi connectivity index (χ3n) is 1.88. The Morgan fingerprint density at radius 3 is 2.31 bits per heavy atom. The fourth-order valence-electron chi connectivity index (χ4n) is 1.02. The predicted octanol–water partition coefficient (Wildman–Crippen LogP) is 2.29. The molecule has 0 fully saturated rings. The van der Waals surface area contributed by atoms with E-state index in [4.69, 9.17) is 0 Å². The van der Waals surface area contributed by atoms with Gasteiger partial charge in [0, 0.05) is 5.69 Å². The van der Waals surface area contributed by atoms with Gasteiger partial charge in [0.1, 0.15) is 6.54 Å². The third kappa shape index (κ3) is 3.45. The Morgan fingerprint density at radius 2 is 1.88 bits per heavy atom. The smallest absolute Gasteiger partial charge is 0.416 e. The summed E-state index contributed by atoms with van der Waals surface area (Å²) in [4.78, 5) is 10.7. The van der Waals surface area contributed by atoms with Crippen LogP contribution in [0.3, 0.4) is 0 Å². The largest absolute Gasteiger partial charge is 0.468 e. The number of ether oxygens (including phenoxy) is 1. The predicted molar refractivity (Wildman–Crippen MR) is 51.9 cm³/mol. The van der Waals surface area contributed by atoms with Crippen LogP contribution in [0, 0.1) is 0 Å². The lowest BCUT2D eigenvalue weighted by Gasteiger charge is -2.08. The fourth-order valence-corrected chi connectivity index (χ4v) is 1.02. The van der Waals surface area contributed by atoms with E-state index in [1.807, 2.05) is 0 Å². The molecule has 0 saturated carbocycles. The van der Waals surface area contributed by atoms with E-state index in [2.05, 4.69) is 10.1 Å². The molecule has 0 amide bonds. The Morgan fingerprint density at radius 1 is 1.31 bits per heavy atom. The van der Waals surface area contributed by atoms with Gasteiger partial charge in [-0.3, -0.25) is 4.79 Å². The number of nitrogens with one attached hydrogen (secondary N) is 1. The van der Waals surface area contributed by atoms with Crippen LogP contribution in [0.2, 0.25) is 0 Å². The monoisotopic (exact) mass is 233 g/mol. The van der Waals surface area contributed by atoms with Crippen LogP contribution in [0.4, 0.5) is 18.9 Å². The zero-order chi connectivity index (χ0) is 12.2. The SMILES string of the molecule is COC(=O)CNc1ccc(C(F)(F)F)cc1. The molecule has 1 aromatic carbocycles. The molecular formula is C10H10F3NO2. The van der Waals surface area contributed by atoms with E-state index in [9.17, 15) is 18.0 Å². The van der Waals surface area contributed by atoms with Gasteiger partial charge in [0.15, 0.2) is 0 Å². The van der Waals surface area contributed by atoms with Crippen molar-refractivity contribution in [3.05, 3.63) is 29.8 Å². The first-order valence-electron chi connectivity index (χ1n) is 4.41. The molecule has 0 bridgehead atoms. The molecule has 0 spiro atoms. The summed E-state index contributed by atoms with van der Waals surface area (Å²) < 4.78 is 40.9. The van der Waals surface area contributed by atoms with Crippen LogP contribution in [0.1, 0.15) is 5.56 Å². The van der Waals surface area contributed by atoms with Crippen LogP contribution in [0.25, 0.3) is 0 Å². The van der Waals surface area contributed by atoms with Gasteiger partial charge in [0.25, 0.3) is 0 Å². The lowest BCUT2D eigenvalue weighted by atomic mass is 10.2. The first kappa shape index (κ1) is 12.4. The summed E-state index contributed by atoms with van der Waals surface area (Å²) in [5.41, 5.74) is -0.297. The highest BCUT2D eigenvalue weighted by Gasteiger charge is 2.29. The molecule has 0 aliphatic heterocycles. The minimum Gasteiger partial charge on any atom is -0.468 e. The van der Waals surface area contributed by atoms with Crippen LogP contribution in [-0.4, -0.2) is 19.6 Å². The fraction of sp³-hybridized carbons (Fsp3) is 0.300. The van der Waals surface area contributed by atoms with E-state index >= 15 is 0 Å². The third-order valence-corrected chi connectivity index (χ3v) is 1.88. The molecule has 0 aliphatic rings. The Bertz CT molecular complexity index is 359. The number of hydrogen-bond donors (Lipinski definition) is 1. The lowest BCUT2D eigenvalue weighted by molar-refractivity contribution is -0.139. The molecule has 0 aromatic heterocycles. The molecule has 88 valence electrons. The number of benzene rings is 1. The Labute approximate surface area is 90.2 Å². The molecule has 3 nitrogen and oxygen atoms in total. The minimum absolute atomic E-state index is 0.0815. The molecule has 0 atom stereocenters. The van der Waals surface area contributed by atoms with Crippen molar-refractivity contribution in [3.8, 4) is 0 Å². The Kier molecular flexibility index (Phi) is 3.76. The molecule has 0 saturated heterocycles. The van der Waals surface area contributed by atoms with Gasteiger partial charge in [-0.15, -0.1) is 0 Å². The molecule has 1 aromatic rings. The molecule has 0 unspecified atom stereocenters. The number of carbonyl (C=O) groups excluding carboxylic acids is 1. The van der Waals surface area contributed by atoms with E-state index in [0.717, 1.165) is 12.1 Å². The summed E-state index contributed by atoms with van der Waals surface area (Å²) in [7, 11) is 1.23. The minimum atomic E-state index is -4.35. The van der Waals surface area contributed by atoms with E-state index < -0.39 is 17.7 Å². The number of anilines is 1. The van der Waals surface area contributed by atoms with E-state index in [0.29, 0.717) is 5.69 Å². The van der Waals surface area contributed by atoms with E-state index in [1.54, 1.807) is 0 Å². The van der Waals surface area contributed by atoms with Gasteiger partial charge in [-0.1, -0.05) is 0 Å². The van der Waals surface area contributed by atoms with Gasteiger partial charge in [0.2, 0.25) is 0 Å². The van der Waals surface area contributed by atoms with Crippen molar-refractivity contribution < 1.29 is 22.7 Å². The molecule has 0 radical (unpaired) electrons. The first-order chi connectivity index (χ1) is 7.43. The van der Waals surface area contributed by atoms with Crippen molar-refractivity contribution >= 4 is 11.7 Å². The molecular weight excluding hydrogens is 223 g/mol. The van der Waals surface area contributed by atoms with E-state index in [1.165, 1.54) is 19.2 Å². The van der Waals surface area contributed by atoms with Gasteiger partial charge < -0.3 is 10.1 Å². The highest BCUT2D eigenvalue weighted by molar-refractivity contribution is 5.74. The van der Waals surface area contributed by atoms with Crippen molar-refractivity contribution in [3.63, 3.8) is 0 Å². The second kappa shape index (κ2) is 4.87. The average Bonchev–Trinajstić information content (AvgIpc) is 2.25. The average molecular weight is 233 g/mol. The van der Waals surface area contributed by atoms with Crippen molar-refractivity contribution in [2.24, 2.45) is 0 Å². The molecule has 16 heavy (non-hydrogen) atoms. The van der Waals surface area contributed by atoms with Crippen LogP contribution < -0.4 is 5.32 Å². The number of halogens is 3. The number of hydrogen-bond acceptors (Lipinski definition) is 3. The Balaban J connectivity index is 2.62. The van der Waals surface area contributed by atoms with Crippen LogP contribution in [0.5, 0.6) is 0 Å². The summed E-state index contributed by atoms with van der Waals surface area (Å²) in [6.45, 7) is -0.0815. The normalized spacial score (nSPS) is 11.0. The lowest BCUT2D eigenvalue weighted by Crippen LogP contribution is -2.15. The summed E-state index contributed by atoms with van der Waals surface area (Å²) in [6, 6.07) is 4.40. The molecule has 0 aliphatic carbocycles. The van der Waals surface area contributed by atoms with Gasteiger partial charge in [0.05, 0.1) is 12.7 Å². The van der Waals surface area contributed by atoms with Crippen molar-refractivity contribution in [1.29, 1.82) is 0 Å².